The molecule has 3 aromatic rings. The van der Waals surface area contributed by atoms with Gasteiger partial charge >= 0.3 is 5.97 Å². The number of ether oxygens (including phenoxy) is 1. The average Bonchev–Trinajstić information content (AvgIpc) is 3.55. The number of benzene rings is 2. The molecular formula is C28H31N3O5. The van der Waals surface area contributed by atoms with Crippen LogP contribution in [0.25, 0.3) is 10.9 Å². The lowest BCUT2D eigenvalue weighted by Crippen LogP contribution is -2.34. The number of aromatic nitrogens is 3. The number of aryl methyl sites for hydroxylation is 1. The van der Waals surface area contributed by atoms with Crippen LogP contribution in [0.15, 0.2) is 47.3 Å². The highest BCUT2D eigenvalue weighted by molar-refractivity contribution is 6.00. The lowest BCUT2D eigenvalue weighted by atomic mass is 9.84. The second-order valence-electron chi connectivity index (χ2n) is 10.3. The van der Waals surface area contributed by atoms with E-state index < -0.39 is 17.8 Å². The fourth-order valence-electron chi connectivity index (χ4n) is 5.81. The highest BCUT2D eigenvalue weighted by atomic mass is 16.5. The Morgan fingerprint density at radius 3 is 2.53 bits per heavy atom. The second kappa shape index (κ2) is 10.2. The Morgan fingerprint density at radius 1 is 1.06 bits per heavy atom. The van der Waals surface area contributed by atoms with Crippen molar-refractivity contribution in [1.29, 1.82) is 0 Å². The quantitative estimate of drug-likeness (QED) is 0.470. The Morgan fingerprint density at radius 2 is 1.81 bits per heavy atom. The summed E-state index contributed by atoms with van der Waals surface area (Å²) in [5.41, 5.74) is 1.63. The SMILES string of the molecule is Cc1ccc2nnn(CC3CCC(C(=O)c4ccc(OCC5CCCC5)cc4)C3C(=O)O)c(=O)c2c1. The molecule has 0 radical (unpaired) electrons. The predicted octanol–water partition coefficient (Wildman–Crippen LogP) is 4.28. The van der Waals surface area contributed by atoms with E-state index in [1.54, 1.807) is 36.4 Å². The van der Waals surface area contributed by atoms with E-state index in [1.807, 2.05) is 13.0 Å². The molecule has 2 saturated carbocycles. The number of hydrogen-bond acceptors (Lipinski definition) is 6. The summed E-state index contributed by atoms with van der Waals surface area (Å²) in [7, 11) is 0. The second-order valence-corrected chi connectivity index (χ2v) is 10.3. The molecule has 1 N–H and O–H groups in total. The Kier molecular flexibility index (Phi) is 6.85. The topological polar surface area (TPSA) is 111 Å². The molecule has 3 atom stereocenters. The van der Waals surface area contributed by atoms with Gasteiger partial charge in [-0.1, -0.05) is 29.7 Å². The van der Waals surface area contributed by atoms with Crippen LogP contribution in [-0.4, -0.2) is 38.5 Å². The largest absolute Gasteiger partial charge is 0.493 e. The van der Waals surface area contributed by atoms with Crippen LogP contribution in [0.1, 0.15) is 54.4 Å². The van der Waals surface area contributed by atoms with Gasteiger partial charge in [0.05, 0.1) is 24.5 Å². The summed E-state index contributed by atoms with van der Waals surface area (Å²) in [6.07, 6.45) is 5.90. The molecule has 36 heavy (non-hydrogen) atoms. The van der Waals surface area contributed by atoms with Gasteiger partial charge in [-0.25, -0.2) is 4.68 Å². The van der Waals surface area contributed by atoms with Crippen molar-refractivity contribution in [1.82, 2.24) is 15.0 Å². The van der Waals surface area contributed by atoms with Gasteiger partial charge in [-0.05, 0) is 80.8 Å². The third kappa shape index (κ3) is 4.90. The zero-order valence-corrected chi connectivity index (χ0v) is 20.4. The number of fused-ring (bicyclic) bond motifs is 1. The minimum atomic E-state index is -1.02. The van der Waals surface area contributed by atoms with E-state index in [4.69, 9.17) is 4.74 Å². The Labute approximate surface area is 209 Å². The fraction of sp³-hybridized carbons (Fsp3) is 0.464. The van der Waals surface area contributed by atoms with Crippen LogP contribution in [0.5, 0.6) is 5.75 Å². The first-order chi connectivity index (χ1) is 17.4. The Bertz CT molecular complexity index is 1330. The zero-order chi connectivity index (χ0) is 25.2. The predicted molar refractivity (Wildman–Crippen MR) is 134 cm³/mol. The molecule has 0 aliphatic heterocycles. The summed E-state index contributed by atoms with van der Waals surface area (Å²) in [4.78, 5) is 38.6. The number of rotatable bonds is 8. The molecule has 2 aliphatic rings. The zero-order valence-electron chi connectivity index (χ0n) is 20.4. The molecule has 2 aliphatic carbocycles. The van der Waals surface area contributed by atoms with Crippen molar-refractivity contribution in [2.45, 2.75) is 52.0 Å². The van der Waals surface area contributed by atoms with Crippen molar-refractivity contribution in [2.75, 3.05) is 6.61 Å². The van der Waals surface area contributed by atoms with Crippen molar-refractivity contribution in [3.05, 3.63) is 63.9 Å². The molecule has 8 nitrogen and oxygen atoms in total. The van der Waals surface area contributed by atoms with Gasteiger partial charge in [-0.15, -0.1) is 5.10 Å². The molecular weight excluding hydrogens is 458 g/mol. The first-order valence-corrected chi connectivity index (χ1v) is 12.7. The molecule has 8 heteroatoms. The smallest absolute Gasteiger partial charge is 0.307 e. The lowest BCUT2D eigenvalue weighted by Gasteiger charge is -2.20. The van der Waals surface area contributed by atoms with Gasteiger partial charge in [0.25, 0.3) is 5.56 Å². The van der Waals surface area contributed by atoms with Crippen LogP contribution < -0.4 is 10.3 Å². The van der Waals surface area contributed by atoms with Crippen LogP contribution in [0.4, 0.5) is 0 Å². The van der Waals surface area contributed by atoms with Crippen LogP contribution in [0.3, 0.4) is 0 Å². The molecule has 2 aromatic carbocycles. The first kappa shape index (κ1) is 24.2. The van der Waals surface area contributed by atoms with Crippen LogP contribution in [-0.2, 0) is 11.3 Å². The summed E-state index contributed by atoms with van der Waals surface area (Å²) >= 11 is 0. The number of hydrogen-bond donors (Lipinski definition) is 1. The Hall–Kier alpha value is -3.55. The van der Waals surface area contributed by atoms with Gasteiger partial charge in [0.15, 0.2) is 5.78 Å². The van der Waals surface area contributed by atoms with Gasteiger partial charge in [0.2, 0.25) is 0 Å². The highest BCUT2D eigenvalue weighted by Gasteiger charge is 2.45. The highest BCUT2D eigenvalue weighted by Crippen LogP contribution is 2.40. The first-order valence-electron chi connectivity index (χ1n) is 12.7. The standard InChI is InChI=1S/C28H31N3O5/c1-17-6-13-24-23(14-17)27(33)31(30-29-24)15-20-9-12-22(25(20)28(34)35)26(32)19-7-10-21(11-8-19)36-16-18-4-2-3-5-18/h6-8,10-11,13-14,18,20,22,25H,2-5,9,12,15-16H2,1H3,(H,34,35). The van der Waals surface area contributed by atoms with Gasteiger partial charge in [-0.3, -0.25) is 14.4 Å². The number of ketones is 1. The molecule has 1 heterocycles. The summed E-state index contributed by atoms with van der Waals surface area (Å²) in [6, 6.07) is 12.4. The van der Waals surface area contributed by atoms with Crippen molar-refractivity contribution in [2.24, 2.45) is 23.7 Å². The number of carbonyl (C=O) groups excluding carboxylic acids is 1. The normalized spacial score (nSPS) is 22.2. The summed E-state index contributed by atoms with van der Waals surface area (Å²) in [5, 5.41) is 18.7. The molecule has 5 rings (SSSR count). The molecule has 2 fully saturated rings. The average molecular weight is 490 g/mol. The van der Waals surface area contributed by atoms with E-state index in [1.165, 1.54) is 30.4 Å². The third-order valence-corrected chi connectivity index (χ3v) is 7.80. The molecule has 0 amide bonds. The van der Waals surface area contributed by atoms with Gasteiger partial charge in [0.1, 0.15) is 11.3 Å². The fourth-order valence-corrected chi connectivity index (χ4v) is 5.81. The third-order valence-electron chi connectivity index (χ3n) is 7.80. The number of nitrogens with zero attached hydrogens (tertiary/aromatic N) is 3. The number of aliphatic carboxylic acids is 1. The number of Topliss-reactive ketones (excluding diaryl/α,β-unsaturated/α-hetero) is 1. The maximum Gasteiger partial charge on any atom is 0.307 e. The number of carboxylic acid groups (broad SMARTS) is 1. The molecule has 0 saturated heterocycles. The summed E-state index contributed by atoms with van der Waals surface area (Å²) in [5.74, 6) is -1.81. The maximum atomic E-state index is 13.3. The minimum absolute atomic E-state index is 0.115. The van der Waals surface area contributed by atoms with Gasteiger partial charge < -0.3 is 9.84 Å². The van der Waals surface area contributed by atoms with E-state index in [2.05, 4.69) is 10.3 Å². The lowest BCUT2D eigenvalue weighted by molar-refractivity contribution is -0.144. The van der Waals surface area contributed by atoms with Crippen LogP contribution in [0.2, 0.25) is 0 Å². The van der Waals surface area contributed by atoms with E-state index in [-0.39, 0.29) is 23.8 Å². The van der Waals surface area contributed by atoms with E-state index >= 15 is 0 Å². The van der Waals surface area contributed by atoms with E-state index in [0.717, 1.165) is 11.3 Å². The molecule has 188 valence electrons. The summed E-state index contributed by atoms with van der Waals surface area (Å²) in [6.45, 7) is 2.70. The molecule has 1 aromatic heterocycles. The molecule has 0 spiro atoms. The number of carbonyl (C=O) groups is 2. The van der Waals surface area contributed by atoms with Gasteiger partial charge in [-0.2, -0.15) is 0 Å². The van der Waals surface area contributed by atoms with Crippen molar-refractivity contribution < 1.29 is 19.4 Å². The van der Waals surface area contributed by atoms with Crippen molar-refractivity contribution >= 4 is 22.7 Å². The summed E-state index contributed by atoms with van der Waals surface area (Å²) < 4.78 is 7.13. The van der Waals surface area contributed by atoms with E-state index in [0.29, 0.717) is 41.8 Å². The van der Waals surface area contributed by atoms with Crippen LogP contribution in [0, 0.1) is 30.6 Å². The van der Waals surface area contributed by atoms with Gasteiger partial charge in [0, 0.05) is 11.5 Å². The maximum absolute atomic E-state index is 13.3. The number of carboxylic acids is 1. The Balaban J connectivity index is 1.29. The van der Waals surface area contributed by atoms with E-state index in [9.17, 15) is 19.5 Å². The van der Waals surface area contributed by atoms with Crippen molar-refractivity contribution in [3.8, 4) is 5.75 Å². The van der Waals surface area contributed by atoms with Crippen molar-refractivity contribution in [3.63, 3.8) is 0 Å². The molecule has 0 bridgehead atoms. The minimum Gasteiger partial charge on any atom is -0.493 e. The monoisotopic (exact) mass is 489 g/mol. The van der Waals surface area contributed by atoms with Crippen LogP contribution >= 0.6 is 0 Å². The molecule has 3 unspecified atom stereocenters.